The van der Waals surface area contributed by atoms with Crippen molar-refractivity contribution >= 4 is 11.6 Å². The summed E-state index contributed by atoms with van der Waals surface area (Å²) < 4.78 is 7.60. The molecule has 0 spiro atoms. The number of amides is 1. The predicted molar refractivity (Wildman–Crippen MR) is 86.5 cm³/mol. The van der Waals surface area contributed by atoms with Gasteiger partial charge in [-0.15, -0.1) is 0 Å². The SMILES string of the molecule is O=C1COc2cc(C(c3ccccc3)n3ccnc3)ccc2N1. The van der Waals surface area contributed by atoms with Crippen LogP contribution in [0.5, 0.6) is 5.75 Å². The summed E-state index contributed by atoms with van der Waals surface area (Å²) in [6.07, 6.45) is 5.52. The molecule has 0 radical (unpaired) electrons. The second-order valence-electron chi connectivity index (χ2n) is 5.42. The van der Waals surface area contributed by atoms with Crippen LogP contribution in [0.2, 0.25) is 0 Å². The van der Waals surface area contributed by atoms with Crippen molar-refractivity contribution in [3.63, 3.8) is 0 Å². The Morgan fingerprint density at radius 2 is 2.00 bits per heavy atom. The summed E-state index contributed by atoms with van der Waals surface area (Å²) in [6.45, 7) is 0.0531. The maximum Gasteiger partial charge on any atom is 0.262 e. The first kappa shape index (κ1) is 13.6. The molecular weight excluding hydrogens is 290 g/mol. The zero-order valence-electron chi connectivity index (χ0n) is 12.3. The molecule has 0 aliphatic carbocycles. The molecule has 2 aromatic carbocycles. The number of hydrogen-bond acceptors (Lipinski definition) is 3. The maximum absolute atomic E-state index is 11.4. The summed E-state index contributed by atoms with van der Waals surface area (Å²) in [5, 5.41) is 2.82. The number of hydrogen-bond donors (Lipinski definition) is 1. The van der Waals surface area contributed by atoms with Crippen LogP contribution >= 0.6 is 0 Å². The van der Waals surface area contributed by atoms with Crippen LogP contribution < -0.4 is 10.1 Å². The number of benzene rings is 2. The molecule has 23 heavy (non-hydrogen) atoms. The van der Waals surface area contributed by atoms with Crippen molar-refractivity contribution in [2.75, 3.05) is 11.9 Å². The Bertz CT molecular complexity index is 829. The smallest absolute Gasteiger partial charge is 0.262 e. The van der Waals surface area contributed by atoms with Crippen LogP contribution in [0.15, 0.2) is 67.3 Å². The summed E-state index contributed by atoms with van der Waals surface area (Å²) >= 11 is 0. The second kappa shape index (κ2) is 5.61. The van der Waals surface area contributed by atoms with Crippen molar-refractivity contribution in [2.24, 2.45) is 0 Å². The maximum atomic E-state index is 11.4. The zero-order valence-corrected chi connectivity index (χ0v) is 12.3. The molecule has 0 saturated heterocycles. The molecule has 1 aliphatic rings. The fourth-order valence-corrected chi connectivity index (χ4v) is 2.86. The summed E-state index contributed by atoms with van der Waals surface area (Å²) in [5.74, 6) is 0.572. The number of carbonyl (C=O) groups is 1. The van der Waals surface area contributed by atoms with Crippen molar-refractivity contribution in [1.29, 1.82) is 0 Å². The molecule has 0 bridgehead atoms. The van der Waals surface area contributed by atoms with Gasteiger partial charge in [0, 0.05) is 12.4 Å². The molecule has 4 rings (SSSR count). The molecule has 1 aliphatic heterocycles. The molecule has 1 atom stereocenters. The standard InChI is InChI=1S/C18H15N3O2/c22-17-11-23-16-10-14(6-7-15(16)20-17)18(21-9-8-19-12-21)13-4-2-1-3-5-13/h1-10,12,18H,11H2,(H,20,22). The largest absolute Gasteiger partial charge is 0.482 e. The molecule has 1 unspecified atom stereocenters. The fourth-order valence-electron chi connectivity index (χ4n) is 2.86. The number of nitrogens with one attached hydrogen (secondary N) is 1. The number of carbonyl (C=O) groups excluding carboxylic acids is 1. The first-order valence-electron chi connectivity index (χ1n) is 7.40. The van der Waals surface area contributed by atoms with Crippen LogP contribution in [0, 0.1) is 0 Å². The highest BCUT2D eigenvalue weighted by Crippen LogP contribution is 2.34. The molecular formula is C18H15N3O2. The molecule has 0 saturated carbocycles. The second-order valence-corrected chi connectivity index (χ2v) is 5.42. The average molecular weight is 305 g/mol. The van der Waals surface area contributed by atoms with Gasteiger partial charge in [-0.1, -0.05) is 36.4 Å². The van der Waals surface area contributed by atoms with E-state index < -0.39 is 0 Å². The average Bonchev–Trinajstić information content (AvgIpc) is 3.10. The highest BCUT2D eigenvalue weighted by atomic mass is 16.5. The van der Waals surface area contributed by atoms with Gasteiger partial charge in [0.15, 0.2) is 6.61 Å². The number of rotatable bonds is 3. The van der Waals surface area contributed by atoms with Crippen molar-refractivity contribution in [1.82, 2.24) is 9.55 Å². The summed E-state index contributed by atoms with van der Waals surface area (Å²) in [6, 6.07) is 16.1. The van der Waals surface area contributed by atoms with Crippen LogP contribution in [-0.2, 0) is 4.79 Å². The van der Waals surface area contributed by atoms with Crippen molar-refractivity contribution in [2.45, 2.75) is 6.04 Å². The van der Waals surface area contributed by atoms with Gasteiger partial charge in [-0.3, -0.25) is 4.79 Å². The molecule has 1 N–H and O–H groups in total. The molecule has 0 fully saturated rings. The first-order valence-corrected chi connectivity index (χ1v) is 7.40. The van der Waals surface area contributed by atoms with Crippen LogP contribution in [0.1, 0.15) is 17.2 Å². The van der Waals surface area contributed by atoms with E-state index in [1.807, 2.05) is 42.6 Å². The molecule has 3 aromatic rings. The topological polar surface area (TPSA) is 56.2 Å². The Labute approximate surface area is 133 Å². The van der Waals surface area contributed by atoms with E-state index in [0.29, 0.717) is 11.4 Å². The summed E-state index contributed by atoms with van der Waals surface area (Å²) in [7, 11) is 0. The van der Waals surface area contributed by atoms with E-state index in [-0.39, 0.29) is 18.6 Å². The van der Waals surface area contributed by atoms with Gasteiger partial charge >= 0.3 is 0 Å². The van der Waals surface area contributed by atoms with Crippen molar-refractivity contribution in [3.8, 4) is 5.75 Å². The monoisotopic (exact) mass is 305 g/mol. The zero-order chi connectivity index (χ0) is 15.6. The Kier molecular flexibility index (Phi) is 3.31. The van der Waals surface area contributed by atoms with Gasteiger partial charge < -0.3 is 14.6 Å². The van der Waals surface area contributed by atoms with Gasteiger partial charge in [0.2, 0.25) is 0 Å². The van der Waals surface area contributed by atoms with E-state index in [1.165, 1.54) is 0 Å². The van der Waals surface area contributed by atoms with Crippen LogP contribution in [-0.4, -0.2) is 22.1 Å². The van der Waals surface area contributed by atoms with Gasteiger partial charge in [-0.2, -0.15) is 0 Å². The van der Waals surface area contributed by atoms with Crippen LogP contribution in [0.3, 0.4) is 0 Å². The normalized spacial score (nSPS) is 14.5. The Morgan fingerprint density at radius 3 is 2.78 bits per heavy atom. The lowest BCUT2D eigenvalue weighted by Gasteiger charge is -2.23. The Balaban J connectivity index is 1.80. The Morgan fingerprint density at radius 1 is 1.13 bits per heavy atom. The third-order valence-electron chi connectivity index (χ3n) is 3.89. The highest BCUT2D eigenvalue weighted by molar-refractivity contribution is 5.95. The predicted octanol–water partition coefficient (Wildman–Crippen LogP) is 2.85. The number of nitrogens with zero attached hydrogens (tertiary/aromatic N) is 2. The van der Waals surface area contributed by atoms with Gasteiger partial charge in [-0.05, 0) is 23.3 Å². The lowest BCUT2D eigenvalue weighted by atomic mass is 9.97. The van der Waals surface area contributed by atoms with Crippen molar-refractivity contribution in [3.05, 3.63) is 78.4 Å². The van der Waals surface area contributed by atoms with E-state index >= 15 is 0 Å². The van der Waals surface area contributed by atoms with E-state index in [9.17, 15) is 4.79 Å². The van der Waals surface area contributed by atoms with Crippen LogP contribution in [0.4, 0.5) is 5.69 Å². The third-order valence-corrected chi connectivity index (χ3v) is 3.89. The molecule has 5 heteroatoms. The van der Waals surface area contributed by atoms with Crippen molar-refractivity contribution < 1.29 is 9.53 Å². The first-order chi connectivity index (χ1) is 11.3. The number of fused-ring (bicyclic) bond motifs is 1. The van der Waals surface area contributed by atoms with E-state index in [4.69, 9.17) is 4.74 Å². The lowest BCUT2D eigenvalue weighted by Crippen LogP contribution is -2.25. The number of anilines is 1. The quantitative estimate of drug-likeness (QED) is 0.809. The Hall–Kier alpha value is -3.08. The molecule has 5 nitrogen and oxygen atoms in total. The minimum absolute atomic E-state index is 0.00484. The van der Waals surface area contributed by atoms with E-state index in [2.05, 4.69) is 27.0 Å². The molecule has 1 aromatic heterocycles. The van der Waals surface area contributed by atoms with Gasteiger partial charge in [0.05, 0.1) is 18.1 Å². The van der Waals surface area contributed by atoms with Gasteiger partial charge in [0.1, 0.15) is 5.75 Å². The molecule has 2 heterocycles. The number of imidazole rings is 1. The number of aromatic nitrogens is 2. The van der Waals surface area contributed by atoms with Gasteiger partial charge in [0.25, 0.3) is 5.91 Å². The van der Waals surface area contributed by atoms with E-state index in [0.717, 1.165) is 11.1 Å². The lowest BCUT2D eigenvalue weighted by molar-refractivity contribution is -0.118. The van der Waals surface area contributed by atoms with Crippen LogP contribution in [0.25, 0.3) is 0 Å². The minimum Gasteiger partial charge on any atom is -0.482 e. The third kappa shape index (κ3) is 2.57. The number of ether oxygens (including phenoxy) is 1. The highest BCUT2D eigenvalue weighted by Gasteiger charge is 2.21. The molecule has 1 amide bonds. The summed E-state index contributed by atoms with van der Waals surface area (Å²) in [5.41, 5.74) is 2.94. The minimum atomic E-state index is -0.125. The summed E-state index contributed by atoms with van der Waals surface area (Å²) in [4.78, 5) is 15.6. The molecule has 114 valence electrons. The fraction of sp³-hybridized carbons (Fsp3) is 0.111. The van der Waals surface area contributed by atoms with E-state index in [1.54, 1.807) is 12.5 Å². The van der Waals surface area contributed by atoms with Gasteiger partial charge in [-0.25, -0.2) is 4.98 Å².